The van der Waals surface area contributed by atoms with Gasteiger partial charge in [0.25, 0.3) is 0 Å². The summed E-state index contributed by atoms with van der Waals surface area (Å²) in [5, 5.41) is 14.1. The number of carbonyl (C=O) groups is 2. The Balaban J connectivity index is 0.00000161. The molecule has 0 fully saturated rings. The first-order chi connectivity index (χ1) is 15.3. The number of aldehydes is 1. The molecule has 2 aromatic heterocycles. The van der Waals surface area contributed by atoms with E-state index in [0.717, 1.165) is 48.6 Å². The van der Waals surface area contributed by atoms with Gasteiger partial charge in [0, 0.05) is 25.3 Å². The number of carbonyl (C=O) groups excluding carboxylic acids is 2. The van der Waals surface area contributed by atoms with Crippen LogP contribution in [0.25, 0.3) is 0 Å². The predicted molar refractivity (Wildman–Crippen MR) is 128 cm³/mol. The molecule has 0 spiro atoms. The Labute approximate surface area is 198 Å². The molecule has 1 amide bonds. The molecule has 11 heteroatoms. The van der Waals surface area contributed by atoms with Crippen molar-refractivity contribution in [3.05, 3.63) is 24.0 Å². The van der Waals surface area contributed by atoms with E-state index in [4.69, 9.17) is 9.62 Å². The summed E-state index contributed by atoms with van der Waals surface area (Å²) < 4.78 is 6.80. The number of hydroxylamine groups is 1. The Hall–Kier alpha value is -1.79. The second-order valence-electron chi connectivity index (χ2n) is 7.93. The number of anilines is 1. The molecule has 0 bridgehead atoms. The molecule has 9 nitrogen and oxygen atoms in total. The highest BCUT2D eigenvalue weighted by Gasteiger charge is 2.19. The van der Waals surface area contributed by atoms with Crippen LogP contribution in [0.3, 0.4) is 0 Å². The molecule has 32 heavy (non-hydrogen) atoms. The summed E-state index contributed by atoms with van der Waals surface area (Å²) in [4.78, 5) is 30.9. The number of amides is 1. The molecule has 0 unspecified atom stereocenters. The maximum absolute atomic E-state index is 12.0. The lowest BCUT2D eigenvalue weighted by Crippen LogP contribution is -2.19. The van der Waals surface area contributed by atoms with Gasteiger partial charge in [-0.1, -0.05) is 32.1 Å². The van der Waals surface area contributed by atoms with Gasteiger partial charge in [-0.2, -0.15) is 0 Å². The van der Waals surface area contributed by atoms with Crippen LogP contribution in [0.4, 0.5) is 5.13 Å². The molecular formula is C21H35N5O4S2. The number of hydrogen-bond acceptors (Lipinski definition) is 10. The van der Waals surface area contributed by atoms with Crippen molar-refractivity contribution in [3.63, 3.8) is 0 Å². The normalized spacial score (nSPS) is 11.0. The lowest BCUT2D eigenvalue weighted by atomic mass is 9.94. The van der Waals surface area contributed by atoms with Gasteiger partial charge in [-0.3, -0.25) is 4.79 Å². The van der Waals surface area contributed by atoms with Gasteiger partial charge in [-0.15, -0.1) is 11.8 Å². The number of hydrogen-bond donors (Lipinski definition) is 4. The summed E-state index contributed by atoms with van der Waals surface area (Å²) >= 11 is 3.05. The highest BCUT2D eigenvalue weighted by atomic mass is 32.2. The number of aromatic nitrogens is 2. The van der Waals surface area contributed by atoms with Gasteiger partial charge in [0.1, 0.15) is 12.0 Å². The van der Waals surface area contributed by atoms with Crippen LogP contribution in [0.15, 0.2) is 21.0 Å². The number of thioether (sulfide) groups is 1. The lowest BCUT2D eigenvalue weighted by molar-refractivity contribution is -0.116. The standard InChI is InChI=1S/C20H30N4O3S2.CH5NO/c1-20(2,3)15-12-22-17(27-15)14-28-18-13-23-19(29-18)24-16(26)8-7-10-21-9-5-4-6-11-25;1-2-3/h11-13,21H,4-10,14H2,1-3H3,(H,23,24,26);2-3H,1H3. The molecule has 0 radical (unpaired) electrons. The van der Waals surface area contributed by atoms with E-state index < -0.39 is 0 Å². The van der Waals surface area contributed by atoms with Crippen LogP contribution in [0.5, 0.6) is 0 Å². The van der Waals surface area contributed by atoms with Crippen LogP contribution in [0.2, 0.25) is 0 Å². The quantitative estimate of drug-likeness (QED) is 0.144. The summed E-state index contributed by atoms with van der Waals surface area (Å²) in [5.41, 5.74) is 1.70. The van der Waals surface area contributed by atoms with Gasteiger partial charge < -0.3 is 25.1 Å². The van der Waals surface area contributed by atoms with Crippen LogP contribution in [0, 0.1) is 0 Å². The molecule has 0 aliphatic carbocycles. The van der Waals surface area contributed by atoms with Gasteiger partial charge >= 0.3 is 0 Å². The second kappa shape index (κ2) is 15.9. The summed E-state index contributed by atoms with van der Waals surface area (Å²) in [7, 11) is 1.43. The average molecular weight is 486 g/mol. The van der Waals surface area contributed by atoms with E-state index in [2.05, 4.69) is 41.4 Å². The largest absolute Gasteiger partial charge is 0.444 e. The Morgan fingerprint density at radius 1 is 1.22 bits per heavy atom. The maximum atomic E-state index is 12.0. The van der Waals surface area contributed by atoms with Crippen molar-refractivity contribution in [1.82, 2.24) is 20.8 Å². The average Bonchev–Trinajstić information content (AvgIpc) is 3.38. The van der Waals surface area contributed by atoms with Crippen molar-refractivity contribution in [3.8, 4) is 0 Å². The van der Waals surface area contributed by atoms with Gasteiger partial charge in [-0.25, -0.2) is 15.4 Å². The molecule has 0 aromatic carbocycles. The molecule has 4 N–H and O–H groups in total. The molecule has 0 aliphatic heterocycles. The molecule has 2 heterocycles. The molecule has 180 valence electrons. The fourth-order valence-corrected chi connectivity index (χ4v) is 4.14. The SMILES string of the molecule is CC(C)(C)c1cnc(CSc2cnc(NC(=O)CCCNCCCCC=O)s2)o1.CNO. The second-order valence-corrected chi connectivity index (χ2v) is 10.2. The monoisotopic (exact) mass is 485 g/mol. The Kier molecular flexibility index (Phi) is 14.1. The van der Waals surface area contributed by atoms with E-state index >= 15 is 0 Å². The van der Waals surface area contributed by atoms with Crippen molar-refractivity contribution in [2.45, 2.75) is 68.3 Å². The number of nitrogens with one attached hydrogen (secondary N) is 3. The van der Waals surface area contributed by atoms with Crippen LogP contribution in [-0.2, 0) is 20.8 Å². The molecule has 0 saturated heterocycles. The Morgan fingerprint density at radius 3 is 2.59 bits per heavy atom. The maximum Gasteiger partial charge on any atom is 0.226 e. The molecule has 2 aromatic rings. The van der Waals surface area contributed by atoms with Crippen molar-refractivity contribution >= 4 is 40.4 Å². The van der Waals surface area contributed by atoms with E-state index in [1.807, 2.05) is 0 Å². The first-order valence-corrected chi connectivity index (χ1v) is 12.4. The molecular weight excluding hydrogens is 450 g/mol. The summed E-state index contributed by atoms with van der Waals surface area (Å²) in [5.74, 6) is 2.17. The Bertz CT molecular complexity index is 789. The number of oxazole rings is 1. The molecule has 0 saturated carbocycles. The van der Waals surface area contributed by atoms with Crippen molar-refractivity contribution in [2.75, 3.05) is 25.5 Å². The predicted octanol–water partition coefficient (Wildman–Crippen LogP) is 3.99. The van der Waals surface area contributed by atoms with E-state index in [-0.39, 0.29) is 11.3 Å². The highest BCUT2D eigenvalue weighted by molar-refractivity contribution is 8.00. The fraction of sp³-hybridized carbons (Fsp3) is 0.619. The minimum atomic E-state index is -0.0518. The fourth-order valence-electron chi connectivity index (χ4n) is 2.40. The van der Waals surface area contributed by atoms with E-state index in [1.165, 1.54) is 18.4 Å². The van der Waals surface area contributed by atoms with Crippen LogP contribution in [-0.4, -0.2) is 47.5 Å². The van der Waals surface area contributed by atoms with Gasteiger partial charge in [-0.05, 0) is 32.4 Å². The molecule has 0 aliphatic rings. The number of thiazole rings is 1. The number of unbranched alkanes of at least 4 members (excludes halogenated alkanes) is 2. The highest BCUT2D eigenvalue weighted by Crippen LogP contribution is 2.31. The third kappa shape index (κ3) is 12.3. The third-order valence-corrected chi connectivity index (χ3v) is 6.14. The topological polar surface area (TPSA) is 129 Å². The van der Waals surface area contributed by atoms with E-state index in [0.29, 0.717) is 29.6 Å². The third-order valence-electron chi connectivity index (χ3n) is 4.04. The number of rotatable bonds is 13. The van der Waals surface area contributed by atoms with E-state index in [1.54, 1.807) is 29.6 Å². The van der Waals surface area contributed by atoms with Crippen LogP contribution >= 0.6 is 23.1 Å². The Morgan fingerprint density at radius 2 is 1.94 bits per heavy atom. The minimum absolute atomic E-state index is 0.0267. The molecule has 0 atom stereocenters. The first kappa shape index (κ1) is 28.2. The summed E-state index contributed by atoms with van der Waals surface area (Å²) in [6.07, 6.45) is 8.23. The minimum Gasteiger partial charge on any atom is -0.444 e. The van der Waals surface area contributed by atoms with Crippen molar-refractivity contribution in [1.29, 1.82) is 0 Å². The lowest BCUT2D eigenvalue weighted by Gasteiger charge is -2.12. The van der Waals surface area contributed by atoms with Crippen molar-refractivity contribution in [2.24, 2.45) is 0 Å². The van der Waals surface area contributed by atoms with Crippen molar-refractivity contribution < 1.29 is 19.2 Å². The van der Waals surface area contributed by atoms with Gasteiger partial charge in [0.05, 0.1) is 22.4 Å². The first-order valence-electron chi connectivity index (χ1n) is 10.6. The summed E-state index contributed by atoms with van der Waals surface area (Å²) in [6.45, 7) is 7.95. The van der Waals surface area contributed by atoms with Crippen LogP contribution in [0.1, 0.15) is 64.5 Å². The zero-order valence-electron chi connectivity index (χ0n) is 19.3. The van der Waals surface area contributed by atoms with Gasteiger partial charge in [0.2, 0.25) is 11.8 Å². The number of nitrogens with zero attached hydrogens (tertiary/aromatic N) is 2. The zero-order chi connectivity index (χ0) is 23.8. The van der Waals surface area contributed by atoms with E-state index in [9.17, 15) is 9.59 Å². The molecule has 2 rings (SSSR count). The smallest absolute Gasteiger partial charge is 0.226 e. The zero-order valence-corrected chi connectivity index (χ0v) is 20.9. The summed E-state index contributed by atoms with van der Waals surface area (Å²) in [6, 6.07) is 0. The van der Waals surface area contributed by atoms with Crippen LogP contribution < -0.4 is 16.1 Å². The van der Waals surface area contributed by atoms with Gasteiger partial charge in [0.15, 0.2) is 5.13 Å².